The van der Waals surface area contributed by atoms with Gasteiger partial charge in [0, 0.05) is 5.92 Å². The number of fused-ring (bicyclic) bond motifs is 3. The highest BCUT2D eigenvalue weighted by Crippen LogP contribution is 2.48. The zero-order chi connectivity index (χ0) is 15.1. The van der Waals surface area contributed by atoms with Crippen molar-refractivity contribution in [3.05, 3.63) is 95.1 Å². The minimum Gasteiger partial charge on any atom is -0.478 e. The maximum absolute atomic E-state index is 11.6. The van der Waals surface area contributed by atoms with Gasteiger partial charge in [-0.2, -0.15) is 0 Å². The first-order chi connectivity index (χ1) is 10.8. The molecule has 0 unspecified atom stereocenters. The fraction of sp³-hybridized carbons (Fsp3) is 0.0500. The Morgan fingerprint density at radius 2 is 1.14 bits per heavy atom. The number of carbonyl (C=O) groups is 1. The van der Waals surface area contributed by atoms with Crippen LogP contribution in [0, 0.1) is 0 Å². The molecule has 0 atom stereocenters. The fourth-order valence-electron chi connectivity index (χ4n) is 3.43. The van der Waals surface area contributed by atoms with E-state index in [2.05, 4.69) is 24.3 Å². The second-order valence-corrected chi connectivity index (χ2v) is 5.50. The first-order valence-electron chi connectivity index (χ1n) is 7.28. The Balaban J connectivity index is 2.02. The predicted octanol–water partition coefficient (Wildman–Crippen LogP) is 4.55. The van der Waals surface area contributed by atoms with Gasteiger partial charge in [-0.25, -0.2) is 4.79 Å². The van der Waals surface area contributed by atoms with E-state index < -0.39 is 5.97 Å². The summed E-state index contributed by atoms with van der Waals surface area (Å²) < 4.78 is 0. The molecule has 0 bridgehead atoms. The topological polar surface area (TPSA) is 37.3 Å². The van der Waals surface area contributed by atoms with Gasteiger partial charge in [0.05, 0.1) is 5.56 Å². The van der Waals surface area contributed by atoms with Crippen LogP contribution in [0.3, 0.4) is 0 Å². The third kappa shape index (κ3) is 1.77. The zero-order valence-electron chi connectivity index (χ0n) is 11.9. The maximum atomic E-state index is 11.6. The summed E-state index contributed by atoms with van der Waals surface area (Å²) in [5.41, 5.74) is 5.98. The summed E-state index contributed by atoms with van der Waals surface area (Å²) in [5.74, 6) is -0.892. The van der Waals surface area contributed by atoms with E-state index in [0.29, 0.717) is 5.56 Å². The number of carboxylic acid groups (broad SMARTS) is 1. The van der Waals surface area contributed by atoms with Crippen molar-refractivity contribution >= 4 is 5.97 Å². The lowest BCUT2D eigenvalue weighted by Crippen LogP contribution is -2.07. The first kappa shape index (κ1) is 12.8. The SMILES string of the molecule is O=C(O)c1ccccc1C1c2ccccc2-c2ccccc21. The van der Waals surface area contributed by atoms with Crippen LogP contribution in [0.25, 0.3) is 11.1 Å². The van der Waals surface area contributed by atoms with Crippen LogP contribution in [-0.2, 0) is 0 Å². The van der Waals surface area contributed by atoms with Crippen LogP contribution in [0.5, 0.6) is 0 Å². The molecule has 106 valence electrons. The number of hydrogen-bond acceptors (Lipinski definition) is 1. The Labute approximate surface area is 128 Å². The molecule has 0 saturated carbocycles. The minimum absolute atomic E-state index is 0.0142. The molecular weight excluding hydrogens is 272 g/mol. The minimum atomic E-state index is -0.877. The van der Waals surface area contributed by atoms with Crippen molar-refractivity contribution in [3.63, 3.8) is 0 Å². The molecular formula is C20H14O2. The smallest absolute Gasteiger partial charge is 0.335 e. The molecule has 0 heterocycles. The van der Waals surface area contributed by atoms with Gasteiger partial charge in [0.25, 0.3) is 0 Å². The van der Waals surface area contributed by atoms with E-state index in [1.54, 1.807) is 12.1 Å². The van der Waals surface area contributed by atoms with Crippen LogP contribution in [0.4, 0.5) is 0 Å². The number of rotatable bonds is 2. The van der Waals surface area contributed by atoms with Crippen molar-refractivity contribution in [2.75, 3.05) is 0 Å². The third-order valence-electron chi connectivity index (χ3n) is 4.34. The van der Waals surface area contributed by atoms with E-state index in [-0.39, 0.29) is 5.92 Å². The standard InChI is InChI=1S/C20H14O2/c21-20(22)18-12-6-5-11-17(18)19-15-9-3-1-7-13(15)14-8-2-4-10-16(14)19/h1-12,19H,(H,21,22). The number of hydrogen-bond donors (Lipinski definition) is 1. The van der Waals surface area contributed by atoms with E-state index in [1.807, 2.05) is 36.4 Å². The van der Waals surface area contributed by atoms with Crippen molar-refractivity contribution in [2.24, 2.45) is 0 Å². The maximum Gasteiger partial charge on any atom is 0.335 e. The van der Waals surface area contributed by atoms with Gasteiger partial charge in [0.2, 0.25) is 0 Å². The van der Waals surface area contributed by atoms with E-state index >= 15 is 0 Å². The van der Waals surface area contributed by atoms with E-state index in [1.165, 1.54) is 22.3 Å². The van der Waals surface area contributed by atoms with E-state index in [9.17, 15) is 9.90 Å². The molecule has 0 fully saturated rings. The Kier molecular flexibility index (Phi) is 2.83. The lowest BCUT2D eigenvalue weighted by atomic mass is 9.86. The Morgan fingerprint density at radius 3 is 1.68 bits per heavy atom. The molecule has 0 spiro atoms. The lowest BCUT2D eigenvalue weighted by Gasteiger charge is -2.16. The largest absolute Gasteiger partial charge is 0.478 e. The van der Waals surface area contributed by atoms with Gasteiger partial charge in [0.15, 0.2) is 0 Å². The predicted molar refractivity (Wildman–Crippen MR) is 86.2 cm³/mol. The summed E-state index contributed by atoms with van der Waals surface area (Å²) in [4.78, 5) is 11.6. The van der Waals surface area contributed by atoms with Crippen LogP contribution in [-0.4, -0.2) is 11.1 Å². The monoisotopic (exact) mass is 286 g/mol. The molecule has 2 heteroatoms. The summed E-state index contributed by atoms with van der Waals surface area (Å²) in [7, 11) is 0. The molecule has 1 N–H and O–H groups in total. The fourth-order valence-corrected chi connectivity index (χ4v) is 3.43. The molecule has 1 aliphatic carbocycles. The van der Waals surface area contributed by atoms with Gasteiger partial charge < -0.3 is 5.11 Å². The Morgan fingerprint density at radius 1 is 0.682 bits per heavy atom. The van der Waals surface area contributed by atoms with Crippen molar-refractivity contribution in [3.8, 4) is 11.1 Å². The number of benzene rings is 3. The van der Waals surface area contributed by atoms with Gasteiger partial charge in [0.1, 0.15) is 0 Å². The average molecular weight is 286 g/mol. The molecule has 2 nitrogen and oxygen atoms in total. The molecule has 3 aromatic rings. The molecule has 22 heavy (non-hydrogen) atoms. The van der Waals surface area contributed by atoms with Gasteiger partial charge in [-0.3, -0.25) is 0 Å². The summed E-state index contributed by atoms with van der Waals surface area (Å²) in [6, 6.07) is 23.8. The summed E-state index contributed by atoms with van der Waals surface area (Å²) in [5, 5.41) is 9.52. The van der Waals surface area contributed by atoms with Crippen LogP contribution in [0.2, 0.25) is 0 Å². The summed E-state index contributed by atoms with van der Waals surface area (Å²) in [6.07, 6.45) is 0. The number of carboxylic acids is 1. The van der Waals surface area contributed by atoms with Crippen LogP contribution in [0.15, 0.2) is 72.8 Å². The van der Waals surface area contributed by atoms with Gasteiger partial charge >= 0.3 is 5.97 Å². The summed E-state index contributed by atoms with van der Waals surface area (Å²) in [6.45, 7) is 0. The van der Waals surface area contributed by atoms with E-state index in [0.717, 1.165) is 5.56 Å². The lowest BCUT2D eigenvalue weighted by molar-refractivity contribution is 0.0695. The van der Waals surface area contributed by atoms with Crippen molar-refractivity contribution < 1.29 is 9.90 Å². The van der Waals surface area contributed by atoms with E-state index in [4.69, 9.17) is 0 Å². The summed E-state index contributed by atoms with van der Waals surface area (Å²) >= 11 is 0. The molecule has 0 aromatic heterocycles. The van der Waals surface area contributed by atoms with Crippen LogP contribution in [0.1, 0.15) is 33.0 Å². The van der Waals surface area contributed by atoms with Crippen LogP contribution < -0.4 is 0 Å². The molecule has 4 rings (SSSR count). The third-order valence-corrected chi connectivity index (χ3v) is 4.34. The van der Waals surface area contributed by atoms with Crippen molar-refractivity contribution in [1.29, 1.82) is 0 Å². The second kappa shape index (κ2) is 4.85. The molecule has 1 aliphatic rings. The van der Waals surface area contributed by atoms with Gasteiger partial charge in [-0.1, -0.05) is 66.7 Å². The van der Waals surface area contributed by atoms with Crippen molar-refractivity contribution in [1.82, 2.24) is 0 Å². The first-order valence-corrected chi connectivity index (χ1v) is 7.28. The number of aromatic carboxylic acids is 1. The van der Waals surface area contributed by atoms with Gasteiger partial charge in [-0.05, 0) is 33.9 Å². The molecule has 0 amide bonds. The highest BCUT2D eigenvalue weighted by molar-refractivity contribution is 5.91. The molecule has 0 radical (unpaired) electrons. The molecule has 0 aliphatic heterocycles. The average Bonchev–Trinajstić information content (AvgIpc) is 2.89. The molecule has 3 aromatic carbocycles. The highest BCUT2D eigenvalue weighted by Gasteiger charge is 2.31. The normalized spacial score (nSPS) is 12.7. The quantitative estimate of drug-likeness (QED) is 0.587. The Bertz CT molecular complexity index is 835. The van der Waals surface area contributed by atoms with Gasteiger partial charge in [-0.15, -0.1) is 0 Å². The zero-order valence-corrected chi connectivity index (χ0v) is 11.9. The molecule has 0 saturated heterocycles. The van der Waals surface area contributed by atoms with Crippen LogP contribution >= 0.6 is 0 Å². The highest BCUT2D eigenvalue weighted by atomic mass is 16.4. The van der Waals surface area contributed by atoms with Crippen molar-refractivity contribution in [2.45, 2.75) is 5.92 Å². The second-order valence-electron chi connectivity index (χ2n) is 5.50. The Hall–Kier alpha value is -2.87.